The van der Waals surface area contributed by atoms with Gasteiger partial charge in [-0.2, -0.15) is 0 Å². The van der Waals surface area contributed by atoms with Crippen LogP contribution in [-0.2, 0) is 34.3 Å². The van der Waals surface area contributed by atoms with Crippen LogP contribution in [0.2, 0.25) is 0 Å². The van der Waals surface area contributed by atoms with Gasteiger partial charge in [-0.25, -0.2) is 8.42 Å². The molecular weight excluding hydrogens is 422 g/mol. The molecule has 1 atom stereocenters. The van der Waals surface area contributed by atoms with Gasteiger partial charge in [0.25, 0.3) is 0 Å². The number of benzene rings is 2. The highest BCUT2D eigenvalue weighted by Crippen LogP contribution is 2.22. The van der Waals surface area contributed by atoms with Crippen molar-refractivity contribution in [1.82, 2.24) is 10.2 Å². The number of carbonyl (C=O) groups is 1. The van der Waals surface area contributed by atoms with Gasteiger partial charge in [0.15, 0.2) is 0 Å². The van der Waals surface area contributed by atoms with Gasteiger partial charge in [-0.15, -0.1) is 0 Å². The van der Waals surface area contributed by atoms with E-state index < -0.39 is 16.1 Å². The molecule has 7 heteroatoms. The van der Waals surface area contributed by atoms with E-state index in [0.29, 0.717) is 12.2 Å². The minimum absolute atomic E-state index is 0.323. The van der Waals surface area contributed by atoms with Crippen molar-refractivity contribution in [2.45, 2.75) is 58.7 Å². The maximum atomic E-state index is 12.9. The van der Waals surface area contributed by atoms with Gasteiger partial charge in [-0.1, -0.05) is 49.7 Å². The Morgan fingerprint density at radius 1 is 1.03 bits per heavy atom. The lowest BCUT2D eigenvalue weighted by Gasteiger charge is -2.28. The summed E-state index contributed by atoms with van der Waals surface area (Å²) in [6.07, 6.45) is 5.83. The van der Waals surface area contributed by atoms with Crippen molar-refractivity contribution in [3.63, 3.8) is 0 Å². The zero-order valence-corrected chi connectivity index (χ0v) is 20.2. The van der Waals surface area contributed by atoms with Crippen molar-refractivity contribution in [2.75, 3.05) is 23.7 Å². The molecule has 0 bridgehead atoms. The lowest BCUT2D eigenvalue weighted by atomic mass is 10.1. The highest BCUT2D eigenvalue weighted by molar-refractivity contribution is 7.92. The highest BCUT2D eigenvalue weighted by atomic mass is 32.2. The summed E-state index contributed by atoms with van der Waals surface area (Å²) in [5.41, 5.74) is 3.86. The third-order valence-electron chi connectivity index (χ3n) is 6.00. The van der Waals surface area contributed by atoms with E-state index >= 15 is 0 Å². The number of likely N-dealkylation sites (tertiary alicyclic amines) is 1. The van der Waals surface area contributed by atoms with E-state index in [2.05, 4.69) is 22.3 Å². The van der Waals surface area contributed by atoms with Crippen molar-refractivity contribution in [3.8, 4) is 0 Å². The number of aryl methyl sites for hydroxylation is 1. The molecule has 1 amide bonds. The molecule has 2 aromatic carbocycles. The van der Waals surface area contributed by atoms with Crippen LogP contribution in [-0.4, -0.2) is 44.6 Å². The number of nitrogens with zero attached hydrogens (tertiary/aromatic N) is 2. The van der Waals surface area contributed by atoms with Crippen LogP contribution in [0.4, 0.5) is 5.69 Å². The second-order valence-corrected chi connectivity index (χ2v) is 10.5. The van der Waals surface area contributed by atoms with Gasteiger partial charge in [0.1, 0.15) is 6.04 Å². The van der Waals surface area contributed by atoms with Crippen LogP contribution >= 0.6 is 0 Å². The first-order valence-corrected chi connectivity index (χ1v) is 13.3. The summed E-state index contributed by atoms with van der Waals surface area (Å²) in [5, 5.41) is 2.92. The minimum Gasteiger partial charge on any atom is -0.350 e. The van der Waals surface area contributed by atoms with E-state index in [0.717, 1.165) is 43.4 Å². The van der Waals surface area contributed by atoms with E-state index in [1.165, 1.54) is 29.1 Å². The van der Waals surface area contributed by atoms with Gasteiger partial charge in [0.2, 0.25) is 15.9 Å². The van der Waals surface area contributed by atoms with Gasteiger partial charge in [-0.3, -0.25) is 14.0 Å². The molecule has 0 saturated carbocycles. The second kappa shape index (κ2) is 11.0. The topological polar surface area (TPSA) is 69.7 Å². The number of hydrogen-bond donors (Lipinski definition) is 1. The summed E-state index contributed by atoms with van der Waals surface area (Å²) in [7, 11) is -3.62. The van der Waals surface area contributed by atoms with Crippen molar-refractivity contribution in [1.29, 1.82) is 0 Å². The van der Waals surface area contributed by atoms with E-state index in [1.807, 2.05) is 31.2 Å². The molecule has 32 heavy (non-hydrogen) atoms. The predicted molar refractivity (Wildman–Crippen MR) is 130 cm³/mol. The Morgan fingerprint density at radius 3 is 2.31 bits per heavy atom. The zero-order chi connectivity index (χ0) is 23.1. The SMILES string of the molecule is CCc1ccc(N([C@@H](C)C(=O)NCc2cccc(CN3CCCCC3)c2)S(C)(=O)=O)cc1. The molecule has 1 aliphatic heterocycles. The number of nitrogens with one attached hydrogen (secondary N) is 1. The predicted octanol–water partition coefficient (Wildman–Crippen LogP) is 3.71. The molecule has 0 aromatic heterocycles. The standard InChI is InChI=1S/C25H35N3O3S/c1-4-21-11-13-24(14-12-21)28(32(3,30)31)20(2)25(29)26-18-22-9-8-10-23(17-22)19-27-15-6-5-7-16-27/h8-14,17,20H,4-7,15-16,18-19H2,1-3H3,(H,26,29)/t20-/m0/s1. The fourth-order valence-corrected chi connectivity index (χ4v) is 5.41. The van der Waals surface area contributed by atoms with Crippen LogP contribution in [0.25, 0.3) is 0 Å². The number of carbonyl (C=O) groups excluding carboxylic acids is 1. The van der Waals surface area contributed by atoms with Gasteiger partial charge < -0.3 is 5.32 Å². The molecule has 0 spiro atoms. The molecule has 1 heterocycles. The minimum atomic E-state index is -3.62. The molecule has 1 aliphatic rings. The molecule has 6 nitrogen and oxygen atoms in total. The average Bonchev–Trinajstić information content (AvgIpc) is 2.78. The first-order valence-electron chi connectivity index (χ1n) is 11.4. The van der Waals surface area contributed by atoms with Gasteiger partial charge in [0, 0.05) is 13.1 Å². The van der Waals surface area contributed by atoms with E-state index in [9.17, 15) is 13.2 Å². The average molecular weight is 458 g/mol. The fourth-order valence-electron chi connectivity index (χ4n) is 4.24. The van der Waals surface area contributed by atoms with Crippen molar-refractivity contribution in [2.24, 2.45) is 0 Å². The first kappa shape index (κ1) is 24.3. The summed E-state index contributed by atoms with van der Waals surface area (Å²) in [6, 6.07) is 14.7. The Bertz CT molecular complexity index is 999. The van der Waals surface area contributed by atoms with E-state index in [1.54, 1.807) is 19.1 Å². The summed E-state index contributed by atoms with van der Waals surface area (Å²) in [4.78, 5) is 15.3. The van der Waals surface area contributed by atoms with E-state index in [-0.39, 0.29) is 5.91 Å². The van der Waals surface area contributed by atoms with Crippen molar-refractivity contribution >= 4 is 21.6 Å². The summed E-state index contributed by atoms with van der Waals surface area (Å²) in [6.45, 7) is 7.23. The monoisotopic (exact) mass is 457 g/mol. The maximum Gasteiger partial charge on any atom is 0.243 e. The van der Waals surface area contributed by atoms with Crippen LogP contribution in [0.15, 0.2) is 48.5 Å². The smallest absolute Gasteiger partial charge is 0.243 e. The largest absolute Gasteiger partial charge is 0.350 e. The second-order valence-electron chi connectivity index (χ2n) is 8.63. The van der Waals surface area contributed by atoms with Crippen LogP contribution in [0.1, 0.15) is 49.8 Å². The molecule has 0 radical (unpaired) electrons. The highest BCUT2D eigenvalue weighted by Gasteiger charge is 2.29. The number of piperidine rings is 1. The van der Waals surface area contributed by atoms with Crippen molar-refractivity contribution in [3.05, 3.63) is 65.2 Å². The lowest BCUT2D eigenvalue weighted by molar-refractivity contribution is -0.122. The Labute approximate surface area is 192 Å². The molecule has 2 aromatic rings. The number of rotatable bonds is 9. The van der Waals surface area contributed by atoms with Crippen LogP contribution in [0.5, 0.6) is 0 Å². The van der Waals surface area contributed by atoms with Gasteiger partial charge in [0.05, 0.1) is 11.9 Å². The van der Waals surface area contributed by atoms with Crippen LogP contribution in [0.3, 0.4) is 0 Å². The normalized spacial score (nSPS) is 15.8. The molecule has 3 rings (SSSR count). The Hall–Kier alpha value is -2.38. The molecule has 1 N–H and O–H groups in total. The summed E-state index contributed by atoms with van der Waals surface area (Å²) < 4.78 is 26.2. The van der Waals surface area contributed by atoms with E-state index in [4.69, 9.17) is 0 Å². The third kappa shape index (κ3) is 6.56. The zero-order valence-electron chi connectivity index (χ0n) is 19.4. The fraction of sp³-hybridized carbons (Fsp3) is 0.480. The molecule has 1 saturated heterocycles. The number of hydrogen-bond acceptors (Lipinski definition) is 4. The number of anilines is 1. The molecule has 1 fully saturated rings. The molecule has 0 unspecified atom stereocenters. The van der Waals surface area contributed by atoms with Crippen LogP contribution < -0.4 is 9.62 Å². The van der Waals surface area contributed by atoms with Crippen molar-refractivity contribution < 1.29 is 13.2 Å². The molecular formula is C25H35N3O3S. The molecule has 0 aliphatic carbocycles. The summed E-state index contributed by atoms with van der Waals surface area (Å²) >= 11 is 0. The van der Waals surface area contributed by atoms with Gasteiger partial charge in [-0.05, 0) is 68.1 Å². The summed E-state index contributed by atoms with van der Waals surface area (Å²) in [5.74, 6) is -0.323. The number of sulfonamides is 1. The Morgan fingerprint density at radius 2 is 1.69 bits per heavy atom. The molecule has 174 valence electrons. The van der Waals surface area contributed by atoms with Gasteiger partial charge >= 0.3 is 0 Å². The maximum absolute atomic E-state index is 12.9. The quantitative estimate of drug-likeness (QED) is 0.623. The Kier molecular flexibility index (Phi) is 8.32. The Balaban J connectivity index is 1.65. The third-order valence-corrected chi connectivity index (χ3v) is 7.24. The lowest BCUT2D eigenvalue weighted by Crippen LogP contribution is -2.47. The first-order chi connectivity index (χ1) is 15.3. The number of amides is 1. The van der Waals surface area contributed by atoms with Crippen LogP contribution in [0, 0.1) is 0 Å².